The fourth-order valence-corrected chi connectivity index (χ4v) is 2.77. The summed E-state index contributed by atoms with van der Waals surface area (Å²) in [6.07, 6.45) is 2.84. The van der Waals surface area contributed by atoms with Gasteiger partial charge in [0.1, 0.15) is 6.54 Å². The number of rotatable bonds is 9. The molecule has 0 aliphatic heterocycles. The number of nitrogens with zero attached hydrogens (tertiary/aromatic N) is 1. The van der Waals surface area contributed by atoms with Gasteiger partial charge in [0, 0.05) is 6.54 Å². The van der Waals surface area contributed by atoms with E-state index in [0.29, 0.717) is 6.42 Å². The lowest BCUT2D eigenvalue weighted by molar-refractivity contribution is -0.143. The zero-order chi connectivity index (χ0) is 13.3. The molecule has 0 bridgehead atoms. The second-order valence-corrected chi connectivity index (χ2v) is 5.64. The van der Waals surface area contributed by atoms with Gasteiger partial charge in [-0.2, -0.15) is 4.31 Å². The fourth-order valence-electron chi connectivity index (χ4n) is 1.23. The van der Waals surface area contributed by atoms with Crippen LogP contribution < -0.4 is 0 Å². The molecular formula is C11H21NO4S. The Hall–Kier alpha value is -0.880. The quantitative estimate of drug-likeness (QED) is 0.462. The maximum Gasteiger partial charge on any atom is 0.321 e. The molecule has 0 aromatic rings. The van der Waals surface area contributed by atoms with Crippen molar-refractivity contribution in [1.82, 2.24) is 4.31 Å². The van der Waals surface area contributed by atoms with Crippen LogP contribution in [-0.4, -0.2) is 44.1 Å². The molecule has 0 saturated carbocycles. The van der Waals surface area contributed by atoms with Crippen molar-refractivity contribution in [3.8, 4) is 0 Å². The summed E-state index contributed by atoms with van der Waals surface area (Å²) < 4.78 is 29.6. The first-order chi connectivity index (χ1) is 7.97. The second kappa shape index (κ2) is 8.25. The number of hydrogen-bond donors (Lipinski definition) is 0. The molecule has 100 valence electrons. The van der Waals surface area contributed by atoms with Crippen LogP contribution in [0.2, 0.25) is 0 Å². The third kappa shape index (κ3) is 6.43. The van der Waals surface area contributed by atoms with Crippen LogP contribution in [0, 0.1) is 0 Å². The Morgan fingerprint density at radius 3 is 2.53 bits per heavy atom. The van der Waals surface area contributed by atoms with E-state index in [-0.39, 0.29) is 25.4 Å². The summed E-state index contributed by atoms with van der Waals surface area (Å²) in [4.78, 5) is 11.3. The Labute approximate surface area is 103 Å². The highest BCUT2D eigenvalue weighted by Crippen LogP contribution is 2.05. The highest BCUT2D eigenvalue weighted by molar-refractivity contribution is 7.89. The van der Waals surface area contributed by atoms with E-state index in [9.17, 15) is 13.2 Å². The van der Waals surface area contributed by atoms with Gasteiger partial charge in [0.25, 0.3) is 0 Å². The summed E-state index contributed by atoms with van der Waals surface area (Å²) in [6.45, 7) is 7.22. The van der Waals surface area contributed by atoms with Crippen molar-refractivity contribution >= 4 is 16.0 Å². The van der Waals surface area contributed by atoms with E-state index in [0.717, 1.165) is 10.7 Å². The minimum Gasteiger partial charge on any atom is -0.465 e. The molecule has 0 fully saturated rings. The van der Waals surface area contributed by atoms with Gasteiger partial charge in [-0.25, -0.2) is 8.42 Å². The Morgan fingerprint density at radius 2 is 2.06 bits per heavy atom. The summed E-state index contributed by atoms with van der Waals surface area (Å²) in [5, 5.41) is 0. The normalized spacial score (nSPS) is 11.5. The molecule has 0 aliphatic carbocycles. The average Bonchev–Trinajstić information content (AvgIpc) is 2.26. The topological polar surface area (TPSA) is 63.7 Å². The van der Waals surface area contributed by atoms with Crippen LogP contribution >= 0.6 is 0 Å². The highest BCUT2D eigenvalue weighted by atomic mass is 32.2. The summed E-state index contributed by atoms with van der Waals surface area (Å²) in [6, 6.07) is 0. The lowest BCUT2D eigenvalue weighted by Crippen LogP contribution is -2.38. The molecule has 0 aromatic heterocycles. The van der Waals surface area contributed by atoms with Crippen LogP contribution in [0.15, 0.2) is 12.7 Å². The number of carbonyl (C=O) groups is 1. The first-order valence-corrected chi connectivity index (χ1v) is 7.33. The molecule has 0 saturated heterocycles. The first-order valence-electron chi connectivity index (χ1n) is 5.72. The Balaban J connectivity index is 4.60. The van der Waals surface area contributed by atoms with E-state index < -0.39 is 16.0 Å². The molecule has 0 aliphatic rings. The van der Waals surface area contributed by atoms with Crippen molar-refractivity contribution in [3.63, 3.8) is 0 Å². The number of unbranched alkanes of at least 4 members (excludes halogenated alkanes) is 1. The minimum atomic E-state index is -3.40. The number of esters is 1. The zero-order valence-electron chi connectivity index (χ0n) is 10.5. The van der Waals surface area contributed by atoms with Gasteiger partial charge in [-0.05, 0) is 13.3 Å². The molecular weight excluding hydrogens is 242 g/mol. The predicted octanol–water partition coefficient (Wildman–Crippen LogP) is 1.17. The van der Waals surface area contributed by atoms with Crippen LogP contribution in [0.4, 0.5) is 0 Å². The van der Waals surface area contributed by atoms with Crippen molar-refractivity contribution in [2.45, 2.75) is 26.7 Å². The van der Waals surface area contributed by atoms with Gasteiger partial charge in [-0.3, -0.25) is 4.79 Å². The number of ether oxygens (including phenoxy) is 1. The molecule has 6 heteroatoms. The largest absolute Gasteiger partial charge is 0.465 e. The number of hydrogen-bond acceptors (Lipinski definition) is 4. The van der Waals surface area contributed by atoms with E-state index >= 15 is 0 Å². The SMILES string of the molecule is C=CCN(CC(=O)OCC)S(=O)(=O)CCCC. The molecule has 0 spiro atoms. The van der Waals surface area contributed by atoms with Gasteiger partial charge in [0.2, 0.25) is 10.0 Å². The maximum absolute atomic E-state index is 11.9. The van der Waals surface area contributed by atoms with Gasteiger partial charge < -0.3 is 4.74 Å². The van der Waals surface area contributed by atoms with E-state index in [1.165, 1.54) is 6.08 Å². The average molecular weight is 263 g/mol. The van der Waals surface area contributed by atoms with Crippen molar-refractivity contribution in [1.29, 1.82) is 0 Å². The van der Waals surface area contributed by atoms with Gasteiger partial charge in [-0.15, -0.1) is 6.58 Å². The first kappa shape index (κ1) is 16.1. The third-order valence-electron chi connectivity index (χ3n) is 2.09. The van der Waals surface area contributed by atoms with Crippen molar-refractivity contribution in [2.75, 3.05) is 25.4 Å². The van der Waals surface area contributed by atoms with Crippen LogP contribution in [0.5, 0.6) is 0 Å². The predicted molar refractivity (Wildman–Crippen MR) is 67.1 cm³/mol. The van der Waals surface area contributed by atoms with Crippen LogP contribution in [-0.2, 0) is 19.6 Å². The molecule has 0 atom stereocenters. The smallest absolute Gasteiger partial charge is 0.321 e. The lowest BCUT2D eigenvalue weighted by atomic mass is 10.4. The van der Waals surface area contributed by atoms with E-state index in [1.807, 2.05) is 6.92 Å². The summed E-state index contributed by atoms with van der Waals surface area (Å²) in [7, 11) is -3.40. The standard InChI is InChI=1S/C11H21NO4S/c1-4-7-9-17(14,15)12(8-5-2)10-11(13)16-6-3/h5H,2,4,6-10H2,1,3H3. The van der Waals surface area contributed by atoms with E-state index in [1.54, 1.807) is 6.92 Å². The summed E-state index contributed by atoms with van der Waals surface area (Å²) >= 11 is 0. The fraction of sp³-hybridized carbons (Fsp3) is 0.727. The molecule has 5 nitrogen and oxygen atoms in total. The molecule has 0 unspecified atom stereocenters. The van der Waals surface area contributed by atoms with Crippen molar-refractivity contribution < 1.29 is 17.9 Å². The number of sulfonamides is 1. The van der Waals surface area contributed by atoms with Gasteiger partial charge in [-0.1, -0.05) is 19.4 Å². The van der Waals surface area contributed by atoms with E-state index in [2.05, 4.69) is 6.58 Å². The van der Waals surface area contributed by atoms with Crippen LogP contribution in [0.25, 0.3) is 0 Å². The Morgan fingerprint density at radius 1 is 1.41 bits per heavy atom. The monoisotopic (exact) mass is 263 g/mol. The van der Waals surface area contributed by atoms with Gasteiger partial charge in [0.05, 0.1) is 12.4 Å². The second-order valence-electron chi connectivity index (χ2n) is 3.56. The summed E-state index contributed by atoms with van der Waals surface area (Å²) in [5.41, 5.74) is 0. The molecule has 17 heavy (non-hydrogen) atoms. The van der Waals surface area contributed by atoms with E-state index in [4.69, 9.17) is 4.74 Å². The Bertz CT molecular complexity index is 337. The van der Waals surface area contributed by atoms with Crippen LogP contribution in [0.1, 0.15) is 26.7 Å². The van der Waals surface area contributed by atoms with Gasteiger partial charge >= 0.3 is 5.97 Å². The van der Waals surface area contributed by atoms with Crippen molar-refractivity contribution in [3.05, 3.63) is 12.7 Å². The lowest BCUT2D eigenvalue weighted by Gasteiger charge is -2.19. The highest BCUT2D eigenvalue weighted by Gasteiger charge is 2.23. The van der Waals surface area contributed by atoms with Crippen LogP contribution in [0.3, 0.4) is 0 Å². The van der Waals surface area contributed by atoms with Crippen molar-refractivity contribution in [2.24, 2.45) is 0 Å². The molecule has 0 rings (SSSR count). The molecule has 0 heterocycles. The molecule has 0 amide bonds. The molecule has 0 N–H and O–H groups in total. The third-order valence-corrected chi connectivity index (χ3v) is 3.96. The molecule has 0 radical (unpaired) electrons. The Kier molecular flexibility index (Phi) is 7.82. The molecule has 0 aromatic carbocycles. The van der Waals surface area contributed by atoms with Gasteiger partial charge in [0.15, 0.2) is 0 Å². The zero-order valence-corrected chi connectivity index (χ0v) is 11.3. The minimum absolute atomic E-state index is 0.0523. The summed E-state index contributed by atoms with van der Waals surface area (Å²) in [5.74, 6) is -0.481. The maximum atomic E-state index is 11.9. The number of carbonyl (C=O) groups excluding carboxylic acids is 1.